The van der Waals surface area contributed by atoms with Crippen LogP contribution in [0.5, 0.6) is 0 Å². The standard InChI is InChI=1S/C27H35ClN2O5/c1-2-34-26(33)9-6-18-30(17-5-8-25(31)32)19-14-23(15-20-30)35-27(24-7-3-4-16-29-24)21-10-12-22(28)13-11-21/h3-4,7,10-13,16,23,27H,2,5-6,8-9,14-15,17-20H2,1H3/t23?,27-,30?/m0/s1. The molecule has 2 heterocycles. The molecule has 35 heavy (non-hydrogen) atoms. The monoisotopic (exact) mass is 502 g/mol. The number of carboxylic acid groups (broad SMARTS) is 1. The molecule has 1 saturated heterocycles. The third-order valence-electron chi connectivity index (χ3n) is 6.64. The molecule has 0 bridgehead atoms. The molecule has 1 fully saturated rings. The zero-order valence-corrected chi connectivity index (χ0v) is 21.1. The molecule has 190 valence electrons. The highest BCUT2D eigenvalue weighted by Crippen LogP contribution is 2.31. The maximum atomic E-state index is 11.8. The number of pyridine rings is 1. The van der Waals surface area contributed by atoms with Crippen LogP contribution in [0.1, 0.15) is 62.8 Å². The van der Waals surface area contributed by atoms with E-state index in [1.165, 1.54) is 0 Å². The van der Waals surface area contributed by atoms with Crippen molar-refractivity contribution < 1.29 is 28.7 Å². The number of halogens is 1. The molecule has 1 aliphatic heterocycles. The average Bonchev–Trinajstić information content (AvgIpc) is 2.85. The normalized spacial score (nSPS) is 20.8. The van der Waals surface area contributed by atoms with Crippen molar-refractivity contribution in [3.63, 3.8) is 0 Å². The summed E-state index contributed by atoms with van der Waals surface area (Å²) in [6.07, 6.45) is 4.94. The fraction of sp³-hybridized carbons (Fsp3) is 0.519. The largest absolute Gasteiger partial charge is 0.550 e. The summed E-state index contributed by atoms with van der Waals surface area (Å²) >= 11 is 6.10. The zero-order valence-electron chi connectivity index (χ0n) is 20.4. The summed E-state index contributed by atoms with van der Waals surface area (Å²) in [4.78, 5) is 27.3. The van der Waals surface area contributed by atoms with Crippen molar-refractivity contribution in [3.8, 4) is 0 Å². The van der Waals surface area contributed by atoms with Crippen LogP contribution < -0.4 is 5.11 Å². The number of carbonyl (C=O) groups excluding carboxylic acids is 2. The fourth-order valence-electron chi connectivity index (χ4n) is 4.82. The van der Waals surface area contributed by atoms with Crippen LogP contribution in [-0.2, 0) is 19.1 Å². The smallest absolute Gasteiger partial charge is 0.305 e. The SMILES string of the molecule is CCOC(=O)CCC[N+]1(CCCC(=O)[O-])CCC(O[C@@H](c2ccc(Cl)cc2)c2ccccn2)CC1. The minimum Gasteiger partial charge on any atom is -0.550 e. The van der Waals surface area contributed by atoms with Crippen LogP contribution in [0, 0.1) is 0 Å². The lowest BCUT2D eigenvalue weighted by Crippen LogP contribution is -2.55. The molecule has 0 unspecified atom stereocenters. The number of aromatic nitrogens is 1. The second kappa shape index (κ2) is 13.6. The van der Waals surface area contributed by atoms with Crippen molar-refractivity contribution in [1.29, 1.82) is 0 Å². The summed E-state index contributed by atoms with van der Waals surface area (Å²) in [7, 11) is 0. The number of carboxylic acids is 1. The Hall–Kier alpha value is -2.48. The van der Waals surface area contributed by atoms with Crippen molar-refractivity contribution in [2.24, 2.45) is 0 Å². The average molecular weight is 503 g/mol. The van der Waals surface area contributed by atoms with Gasteiger partial charge in [-0.25, -0.2) is 0 Å². The highest BCUT2D eigenvalue weighted by molar-refractivity contribution is 6.30. The molecule has 1 aromatic carbocycles. The van der Waals surface area contributed by atoms with E-state index in [2.05, 4.69) is 4.98 Å². The second-order valence-corrected chi connectivity index (χ2v) is 9.58. The van der Waals surface area contributed by atoms with Crippen LogP contribution in [-0.4, -0.2) is 60.3 Å². The maximum Gasteiger partial charge on any atom is 0.305 e. The molecule has 2 aromatic rings. The molecule has 8 heteroatoms. The summed E-state index contributed by atoms with van der Waals surface area (Å²) in [6.45, 7) is 5.50. The predicted molar refractivity (Wildman–Crippen MR) is 131 cm³/mol. The molecule has 3 rings (SSSR count). The number of hydrogen-bond donors (Lipinski definition) is 0. The van der Waals surface area contributed by atoms with Gasteiger partial charge in [-0.05, 0) is 43.2 Å². The van der Waals surface area contributed by atoms with Gasteiger partial charge in [-0.1, -0.05) is 29.8 Å². The van der Waals surface area contributed by atoms with Gasteiger partial charge < -0.3 is 23.9 Å². The number of carbonyl (C=O) groups is 2. The minimum atomic E-state index is -1.02. The number of ether oxygens (including phenoxy) is 2. The molecule has 1 aliphatic rings. The number of quaternary nitrogens is 1. The third kappa shape index (κ3) is 8.60. The first-order chi connectivity index (χ1) is 16.9. The number of benzene rings is 1. The first kappa shape index (κ1) is 27.1. The highest BCUT2D eigenvalue weighted by Gasteiger charge is 2.35. The van der Waals surface area contributed by atoms with Gasteiger partial charge in [-0.15, -0.1) is 0 Å². The Morgan fingerprint density at radius 2 is 1.77 bits per heavy atom. The van der Waals surface area contributed by atoms with Crippen LogP contribution in [0.4, 0.5) is 0 Å². The van der Waals surface area contributed by atoms with Crippen LogP contribution in [0.25, 0.3) is 0 Å². The number of nitrogens with zero attached hydrogens (tertiary/aromatic N) is 2. The Morgan fingerprint density at radius 1 is 1.09 bits per heavy atom. The second-order valence-electron chi connectivity index (χ2n) is 9.14. The predicted octanol–water partition coefficient (Wildman–Crippen LogP) is 3.69. The first-order valence-electron chi connectivity index (χ1n) is 12.4. The molecule has 1 aromatic heterocycles. The van der Waals surface area contributed by atoms with Gasteiger partial charge in [0.1, 0.15) is 6.10 Å². The van der Waals surface area contributed by atoms with Crippen LogP contribution >= 0.6 is 11.6 Å². The molecule has 0 spiro atoms. The molecular formula is C27H35ClN2O5. The molecule has 0 saturated carbocycles. The number of aliphatic carboxylic acids is 1. The molecule has 1 atom stereocenters. The van der Waals surface area contributed by atoms with Gasteiger partial charge in [-0.2, -0.15) is 0 Å². The minimum absolute atomic E-state index is 0.0510. The van der Waals surface area contributed by atoms with Crippen molar-refractivity contribution in [1.82, 2.24) is 4.98 Å². The topological polar surface area (TPSA) is 88.6 Å². The van der Waals surface area contributed by atoms with E-state index in [4.69, 9.17) is 21.1 Å². The molecule has 0 N–H and O–H groups in total. The van der Waals surface area contributed by atoms with Crippen molar-refractivity contribution in [2.45, 2.75) is 57.7 Å². The van der Waals surface area contributed by atoms with Gasteiger partial charge >= 0.3 is 5.97 Å². The summed E-state index contributed by atoms with van der Waals surface area (Å²) in [5.74, 6) is -1.20. The van der Waals surface area contributed by atoms with E-state index >= 15 is 0 Å². The molecule has 0 aliphatic carbocycles. The number of esters is 1. The number of rotatable bonds is 13. The summed E-state index contributed by atoms with van der Waals surface area (Å²) in [5.41, 5.74) is 1.85. The van der Waals surface area contributed by atoms with E-state index in [-0.39, 0.29) is 24.6 Å². The summed E-state index contributed by atoms with van der Waals surface area (Å²) in [5, 5.41) is 11.6. The lowest BCUT2D eigenvalue weighted by atomic mass is 10.0. The van der Waals surface area contributed by atoms with Crippen molar-refractivity contribution in [3.05, 3.63) is 64.9 Å². The lowest BCUT2D eigenvalue weighted by molar-refractivity contribution is -0.933. The summed E-state index contributed by atoms with van der Waals surface area (Å²) < 4.78 is 12.5. The van der Waals surface area contributed by atoms with E-state index in [9.17, 15) is 14.7 Å². The van der Waals surface area contributed by atoms with Gasteiger partial charge in [0.15, 0.2) is 0 Å². The van der Waals surface area contributed by atoms with Crippen molar-refractivity contribution >= 4 is 23.5 Å². The quantitative estimate of drug-likeness (QED) is 0.306. The Morgan fingerprint density at radius 3 is 2.37 bits per heavy atom. The Balaban J connectivity index is 1.65. The first-order valence-corrected chi connectivity index (χ1v) is 12.8. The van der Waals surface area contributed by atoms with Crippen LogP contribution in [0.3, 0.4) is 0 Å². The molecule has 0 radical (unpaired) electrons. The highest BCUT2D eigenvalue weighted by atomic mass is 35.5. The summed E-state index contributed by atoms with van der Waals surface area (Å²) in [6, 6.07) is 13.5. The van der Waals surface area contributed by atoms with Crippen LogP contribution in [0.2, 0.25) is 5.02 Å². The Bertz CT molecular complexity index is 930. The van der Waals surface area contributed by atoms with E-state index in [1.54, 1.807) is 13.1 Å². The molecule has 7 nitrogen and oxygen atoms in total. The Labute approximate surface area is 212 Å². The van der Waals surface area contributed by atoms with Gasteiger partial charge in [0.25, 0.3) is 0 Å². The Kier molecular flexibility index (Phi) is 10.5. The number of hydrogen-bond acceptors (Lipinski definition) is 6. The maximum absolute atomic E-state index is 11.8. The van der Waals surface area contributed by atoms with Crippen LogP contribution in [0.15, 0.2) is 48.7 Å². The van der Waals surface area contributed by atoms with E-state index in [1.807, 2.05) is 42.5 Å². The van der Waals surface area contributed by atoms with E-state index in [0.717, 1.165) is 61.2 Å². The van der Waals surface area contributed by atoms with Gasteiger partial charge in [0, 0.05) is 42.9 Å². The zero-order chi connectivity index (χ0) is 25.1. The number of piperidine rings is 1. The number of likely N-dealkylation sites (tertiary alicyclic amines) is 1. The van der Waals surface area contributed by atoms with Crippen molar-refractivity contribution in [2.75, 3.05) is 32.8 Å². The molecular weight excluding hydrogens is 468 g/mol. The fourth-order valence-corrected chi connectivity index (χ4v) is 4.94. The van der Waals surface area contributed by atoms with E-state index in [0.29, 0.717) is 24.5 Å². The third-order valence-corrected chi connectivity index (χ3v) is 6.89. The van der Waals surface area contributed by atoms with E-state index < -0.39 is 5.97 Å². The lowest BCUT2D eigenvalue weighted by Gasteiger charge is -2.44. The van der Waals surface area contributed by atoms with Gasteiger partial charge in [-0.3, -0.25) is 9.78 Å². The van der Waals surface area contributed by atoms with Gasteiger partial charge in [0.05, 0.1) is 51.0 Å². The molecule has 0 amide bonds. The van der Waals surface area contributed by atoms with Gasteiger partial charge in [0.2, 0.25) is 0 Å².